The zero-order valence-corrected chi connectivity index (χ0v) is 6.81. The predicted octanol–water partition coefficient (Wildman–Crippen LogP) is -1.67. The van der Waals surface area contributed by atoms with Gasteiger partial charge < -0.3 is 5.73 Å². The molecule has 0 saturated carbocycles. The van der Waals surface area contributed by atoms with Crippen LogP contribution < -0.4 is 22.2 Å². The van der Waals surface area contributed by atoms with Crippen molar-refractivity contribution in [1.82, 2.24) is 24.3 Å². The number of aromatic nitrogens is 5. The molecule has 0 atom stereocenters. The summed E-state index contributed by atoms with van der Waals surface area (Å²) in [6, 6.07) is 0. The van der Waals surface area contributed by atoms with Crippen molar-refractivity contribution in [2.24, 2.45) is 0 Å². The average Bonchev–Trinajstić information content (AvgIpc) is 2.48. The van der Waals surface area contributed by atoms with Gasteiger partial charge in [0.15, 0.2) is 0 Å². The van der Waals surface area contributed by atoms with Crippen molar-refractivity contribution in [3.05, 3.63) is 5.62 Å². The van der Waals surface area contributed by atoms with Gasteiger partial charge >= 0.3 is 0 Å². The van der Waals surface area contributed by atoms with E-state index in [1.54, 1.807) is 0 Å². The highest BCUT2D eigenvalue weighted by Crippen LogP contribution is 2.16. The van der Waals surface area contributed by atoms with E-state index in [0.717, 1.165) is 0 Å². The molecule has 9 heteroatoms. The van der Waals surface area contributed by atoms with Crippen molar-refractivity contribution in [2.75, 3.05) is 16.6 Å². The number of hydrogen-bond donors (Lipinski definition) is 4. The van der Waals surface area contributed by atoms with Gasteiger partial charge in [-0.1, -0.05) is 0 Å². The summed E-state index contributed by atoms with van der Waals surface area (Å²) < 4.78 is 1.54. The normalized spacial score (nSPS) is 12.6. The number of hydrogen-bond acceptors (Lipinski definition) is 8. The van der Waals surface area contributed by atoms with Gasteiger partial charge in [-0.05, 0) is 0 Å². The van der Waals surface area contributed by atoms with E-state index in [1.165, 1.54) is 4.40 Å². The largest absolute Gasteiger partial charge is 0.368 e. The Morgan fingerprint density at radius 3 is 2.57 bits per heavy atom. The highest BCUT2D eigenvalue weighted by Gasteiger charge is 2.16. The van der Waals surface area contributed by atoms with Crippen LogP contribution in [0.3, 0.4) is 0 Å². The van der Waals surface area contributed by atoms with E-state index in [1.807, 2.05) is 0 Å². The molecular weight excluding hydrogens is 186 g/mol. The van der Waals surface area contributed by atoms with Gasteiger partial charge in [0.25, 0.3) is 0 Å². The van der Waals surface area contributed by atoms with Crippen LogP contribution >= 0.6 is 0 Å². The lowest BCUT2D eigenvalue weighted by Crippen LogP contribution is -2.16. The zero-order valence-electron chi connectivity index (χ0n) is 6.81. The molecule has 0 aromatic carbocycles. The minimum Gasteiger partial charge on any atom is -0.368 e. The molecule has 1 aliphatic heterocycles. The summed E-state index contributed by atoms with van der Waals surface area (Å²) in [4.78, 5) is 15.4. The third-order valence-corrected chi connectivity index (χ3v) is 1.76. The standard InChI is InChI=1S/C5H5N9/c6-1-8-3-9-2(7)11-5-13-12-4(10-1)14(3)5/h(H5,6,7,8,9,10,11,12,13). The number of rotatable bonds is 0. The molecule has 14 heavy (non-hydrogen) atoms. The molecule has 0 unspecified atom stereocenters. The Kier molecular flexibility index (Phi) is 1.04. The first kappa shape index (κ1) is 7.00. The summed E-state index contributed by atoms with van der Waals surface area (Å²) in [7, 11) is 0. The van der Waals surface area contributed by atoms with Crippen LogP contribution in [0.2, 0.25) is 0 Å². The number of anilines is 3. The van der Waals surface area contributed by atoms with E-state index >= 15 is 0 Å². The average molecular weight is 191 g/mol. The van der Waals surface area contributed by atoms with Gasteiger partial charge in [-0.2, -0.15) is 19.9 Å². The number of nitrogens with zero attached hydrogens (tertiary/aromatic N) is 5. The molecule has 0 aliphatic carbocycles. The van der Waals surface area contributed by atoms with Gasteiger partial charge in [0.2, 0.25) is 29.2 Å². The number of nitrogen functional groups attached to an aromatic ring is 1. The topological polar surface area (TPSA) is 130 Å². The van der Waals surface area contributed by atoms with E-state index in [4.69, 9.17) is 11.1 Å². The maximum atomic E-state index is 7.31. The molecule has 2 aromatic heterocycles. The summed E-state index contributed by atoms with van der Waals surface area (Å²) in [5.41, 5.74) is 10.8. The Labute approximate surface area is 76.5 Å². The Morgan fingerprint density at radius 2 is 1.79 bits per heavy atom. The van der Waals surface area contributed by atoms with Gasteiger partial charge in [0.1, 0.15) is 0 Å². The van der Waals surface area contributed by atoms with E-state index in [-0.39, 0.29) is 11.6 Å². The fourth-order valence-corrected chi connectivity index (χ4v) is 1.25. The smallest absolute Gasteiger partial charge is 0.248 e. The first-order valence-corrected chi connectivity index (χ1v) is 3.75. The molecule has 9 nitrogen and oxygen atoms in total. The summed E-state index contributed by atoms with van der Waals surface area (Å²) in [5.74, 6) is 1.28. The van der Waals surface area contributed by atoms with Crippen LogP contribution in [-0.4, -0.2) is 24.3 Å². The minimum atomic E-state index is -0.125. The monoisotopic (exact) mass is 191 g/mol. The lowest BCUT2D eigenvalue weighted by atomic mass is 10.8. The Morgan fingerprint density at radius 1 is 1.07 bits per heavy atom. The first-order chi connectivity index (χ1) is 6.74. The molecule has 2 aromatic rings. The van der Waals surface area contributed by atoms with Gasteiger partial charge in [-0.25, -0.2) is 4.40 Å². The lowest BCUT2D eigenvalue weighted by molar-refractivity contribution is 0.902. The van der Waals surface area contributed by atoms with Crippen LogP contribution in [0.5, 0.6) is 0 Å². The van der Waals surface area contributed by atoms with Gasteiger partial charge in [-0.15, -0.1) is 0 Å². The first-order valence-electron chi connectivity index (χ1n) is 3.75. The van der Waals surface area contributed by atoms with Crippen LogP contribution in [0.1, 0.15) is 0 Å². The van der Waals surface area contributed by atoms with Crippen molar-refractivity contribution >= 4 is 23.6 Å². The number of hydrazine groups is 1. The highest BCUT2D eigenvalue weighted by molar-refractivity contribution is 5.56. The van der Waals surface area contributed by atoms with E-state index in [9.17, 15) is 0 Å². The third kappa shape index (κ3) is 0.748. The minimum absolute atomic E-state index is 0.0975. The number of nitrogens with two attached hydrogens (primary N) is 1. The maximum Gasteiger partial charge on any atom is 0.248 e. The van der Waals surface area contributed by atoms with Crippen LogP contribution in [0.25, 0.3) is 5.78 Å². The molecule has 0 spiro atoms. The summed E-state index contributed by atoms with van der Waals surface area (Å²) >= 11 is 0. The molecule has 0 saturated heterocycles. The van der Waals surface area contributed by atoms with Crippen LogP contribution in [-0.2, 0) is 0 Å². The van der Waals surface area contributed by atoms with E-state index in [0.29, 0.717) is 17.7 Å². The van der Waals surface area contributed by atoms with Crippen molar-refractivity contribution in [2.45, 2.75) is 0 Å². The van der Waals surface area contributed by atoms with Gasteiger partial charge in [0.05, 0.1) is 0 Å². The SMILES string of the molecule is N=c1nc2n3c(nc(N)nc3n1)NN2. The van der Waals surface area contributed by atoms with Crippen LogP contribution in [0.4, 0.5) is 17.8 Å². The second-order valence-corrected chi connectivity index (χ2v) is 2.66. The Hall–Kier alpha value is -2.45. The van der Waals surface area contributed by atoms with E-state index < -0.39 is 0 Å². The quantitative estimate of drug-likeness (QED) is 0.391. The summed E-state index contributed by atoms with van der Waals surface area (Å²) in [6.45, 7) is 0. The highest BCUT2D eigenvalue weighted by atomic mass is 15.5. The molecule has 1 aliphatic rings. The lowest BCUT2D eigenvalue weighted by Gasteiger charge is -1.99. The summed E-state index contributed by atoms with van der Waals surface area (Å²) in [5, 5.41) is 7.31. The zero-order chi connectivity index (χ0) is 9.71. The molecular formula is C5H5N9. The molecule has 70 valence electrons. The molecule has 0 fully saturated rings. The van der Waals surface area contributed by atoms with Crippen molar-refractivity contribution in [1.29, 1.82) is 5.41 Å². The van der Waals surface area contributed by atoms with Gasteiger partial charge in [0, 0.05) is 0 Å². The Balaban J connectivity index is 2.57. The number of nitrogens with one attached hydrogen (secondary N) is 3. The molecule has 5 N–H and O–H groups in total. The molecule has 0 amide bonds. The molecule has 0 bridgehead atoms. The third-order valence-electron chi connectivity index (χ3n) is 1.76. The molecule has 3 rings (SSSR count). The summed E-state index contributed by atoms with van der Waals surface area (Å²) in [6.07, 6.45) is 0. The fraction of sp³-hybridized carbons (Fsp3) is 0. The van der Waals surface area contributed by atoms with E-state index in [2.05, 4.69) is 30.8 Å². The van der Waals surface area contributed by atoms with Crippen molar-refractivity contribution in [3.63, 3.8) is 0 Å². The van der Waals surface area contributed by atoms with Crippen molar-refractivity contribution in [3.8, 4) is 0 Å². The second-order valence-electron chi connectivity index (χ2n) is 2.66. The molecule has 0 radical (unpaired) electrons. The van der Waals surface area contributed by atoms with Crippen LogP contribution in [0, 0.1) is 5.41 Å². The Bertz CT molecular complexity index is 584. The van der Waals surface area contributed by atoms with Crippen molar-refractivity contribution < 1.29 is 0 Å². The molecule has 3 heterocycles. The van der Waals surface area contributed by atoms with Gasteiger partial charge in [-0.3, -0.25) is 16.3 Å². The maximum absolute atomic E-state index is 7.31. The fourth-order valence-electron chi connectivity index (χ4n) is 1.25. The van der Waals surface area contributed by atoms with Crippen LogP contribution in [0.15, 0.2) is 0 Å². The predicted molar refractivity (Wildman–Crippen MR) is 46.1 cm³/mol. The second kappa shape index (κ2) is 2.07.